The number of nitrogens with zero attached hydrogens (tertiary/aromatic N) is 3. The van der Waals surface area contributed by atoms with Gasteiger partial charge in [-0.05, 0) is 30.3 Å². The molecule has 8 heteroatoms. The number of hydrogen-bond acceptors (Lipinski definition) is 5. The largest absolute Gasteiger partial charge is 0.273 e. The van der Waals surface area contributed by atoms with E-state index in [1.807, 2.05) is 6.07 Å². The molecule has 2 heterocycles. The summed E-state index contributed by atoms with van der Waals surface area (Å²) in [6, 6.07) is 12.7. The Kier molecular flexibility index (Phi) is 4.34. The van der Waals surface area contributed by atoms with E-state index in [0.29, 0.717) is 26.5 Å². The van der Waals surface area contributed by atoms with Crippen LogP contribution in [0.3, 0.4) is 0 Å². The molecule has 4 nitrogen and oxygen atoms in total. The number of benzene rings is 2. The Morgan fingerprint density at radius 1 is 1.24 bits per heavy atom. The lowest BCUT2D eigenvalue weighted by molar-refractivity contribution is -0.115. The molecular formula is C17H9Cl2N3OS2. The third-order valence-corrected chi connectivity index (χ3v) is 6.58. The van der Waals surface area contributed by atoms with E-state index in [4.69, 9.17) is 28.5 Å². The first-order valence-corrected chi connectivity index (χ1v) is 9.88. The molecule has 0 spiro atoms. The van der Waals surface area contributed by atoms with Crippen molar-refractivity contribution in [3.05, 3.63) is 57.6 Å². The summed E-state index contributed by atoms with van der Waals surface area (Å²) in [7, 11) is 0. The van der Waals surface area contributed by atoms with Gasteiger partial charge in [-0.15, -0.1) is 11.8 Å². The third-order valence-electron chi connectivity index (χ3n) is 3.81. The van der Waals surface area contributed by atoms with Crippen molar-refractivity contribution in [2.24, 2.45) is 0 Å². The van der Waals surface area contributed by atoms with Gasteiger partial charge in [0.1, 0.15) is 5.37 Å². The Bertz CT molecular complexity index is 1040. The summed E-state index contributed by atoms with van der Waals surface area (Å²) in [5.74, 6) is 0.351. The molecule has 0 radical (unpaired) electrons. The monoisotopic (exact) mass is 405 g/mol. The molecule has 1 fully saturated rings. The van der Waals surface area contributed by atoms with Gasteiger partial charge in [-0.1, -0.05) is 40.6 Å². The van der Waals surface area contributed by atoms with Gasteiger partial charge >= 0.3 is 0 Å². The standard InChI is InChI=1S/C17H9Cl2N3OS2/c18-10-2-3-11(12(19)6-10)16-22(15(23)8-24-16)17-21-13-4-1-9(7-20)5-14(13)25-17/h1-6,16H,8H2. The van der Waals surface area contributed by atoms with Crippen LogP contribution in [0.4, 0.5) is 5.13 Å². The Hall–Kier alpha value is -1.78. The fourth-order valence-electron chi connectivity index (χ4n) is 2.65. The van der Waals surface area contributed by atoms with Crippen molar-refractivity contribution in [2.45, 2.75) is 5.37 Å². The lowest BCUT2D eigenvalue weighted by atomic mass is 10.2. The van der Waals surface area contributed by atoms with E-state index < -0.39 is 0 Å². The average molecular weight is 406 g/mol. The van der Waals surface area contributed by atoms with Gasteiger partial charge in [-0.3, -0.25) is 9.69 Å². The van der Waals surface area contributed by atoms with Crippen molar-refractivity contribution in [3.8, 4) is 6.07 Å². The quantitative estimate of drug-likeness (QED) is 0.583. The van der Waals surface area contributed by atoms with Crippen LogP contribution in [-0.4, -0.2) is 16.6 Å². The van der Waals surface area contributed by atoms with Gasteiger partial charge in [0.2, 0.25) is 5.91 Å². The van der Waals surface area contributed by atoms with Gasteiger partial charge in [-0.2, -0.15) is 5.26 Å². The highest BCUT2D eigenvalue weighted by atomic mass is 35.5. The van der Waals surface area contributed by atoms with E-state index in [9.17, 15) is 4.79 Å². The maximum atomic E-state index is 12.5. The number of carbonyl (C=O) groups is 1. The number of thioether (sulfide) groups is 1. The molecule has 3 aromatic rings. The molecule has 0 bridgehead atoms. The predicted molar refractivity (Wildman–Crippen MR) is 103 cm³/mol. The molecule has 0 aliphatic carbocycles. The third kappa shape index (κ3) is 2.98. The first-order chi connectivity index (χ1) is 12.1. The highest BCUT2D eigenvalue weighted by molar-refractivity contribution is 8.00. The van der Waals surface area contributed by atoms with E-state index >= 15 is 0 Å². The van der Waals surface area contributed by atoms with Crippen LogP contribution in [0.1, 0.15) is 16.5 Å². The van der Waals surface area contributed by atoms with Crippen LogP contribution in [0.5, 0.6) is 0 Å². The molecule has 1 saturated heterocycles. The van der Waals surface area contributed by atoms with Gasteiger partial charge in [0.15, 0.2) is 5.13 Å². The molecule has 0 saturated carbocycles. The first-order valence-electron chi connectivity index (χ1n) is 7.26. The summed E-state index contributed by atoms with van der Waals surface area (Å²) in [4.78, 5) is 18.7. The molecule has 1 unspecified atom stereocenters. The summed E-state index contributed by atoms with van der Waals surface area (Å²) < 4.78 is 0.875. The van der Waals surface area contributed by atoms with Crippen molar-refractivity contribution in [1.82, 2.24) is 4.98 Å². The SMILES string of the molecule is N#Cc1ccc2nc(N3C(=O)CSC3c3ccc(Cl)cc3Cl)sc2c1. The Morgan fingerprint density at radius 2 is 2.08 bits per heavy atom. The molecule has 1 aliphatic heterocycles. The number of aromatic nitrogens is 1. The predicted octanol–water partition coefficient (Wildman–Crippen LogP) is 5.25. The van der Waals surface area contributed by atoms with Crippen molar-refractivity contribution in [3.63, 3.8) is 0 Å². The molecule has 1 aromatic heterocycles. The summed E-state index contributed by atoms with van der Waals surface area (Å²) in [6.45, 7) is 0. The first kappa shape index (κ1) is 16.7. The summed E-state index contributed by atoms with van der Waals surface area (Å²) in [6.07, 6.45) is 0. The highest BCUT2D eigenvalue weighted by Gasteiger charge is 2.37. The zero-order chi connectivity index (χ0) is 17.6. The number of carbonyl (C=O) groups excluding carboxylic acids is 1. The minimum atomic E-state index is -0.242. The normalized spacial score (nSPS) is 17.2. The number of amides is 1. The van der Waals surface area contributed by atoms with Crippen LogP contribution in [0.15, 0.2) is 36.4 Å². The van der Waals surface area contributed by atoms with Gasteiger partial charge in [0, 0.05) is 15.6 Å². The van der Waals surface area contributed by atoms with Crippen molar-refractivity contribution in [2.75, 3.05) is 10.7 Å². The van der Waals surface area contributed by atoms with Crippen LogP contribution in [0, 0.1) is 11.3 Å². The fourth-order valence-corrected chi connectivity index (χ4v) is 5.53. The van der Waals surface area contributed by atoms with Gasteiger partial charge in [0.25, 0.3) is 0 Å². The topological polar surface area (TPSA) is 57.0 Å². The van der Waals surface area contributed by atoms with Crippen LogP contribution in [0.25, 0.3) is 10.2 Å². The molecular weight excluding hydrogens is 397 g/mol. The molecule has 1 aliphatic rings. The lowest BCUT2D eigenvalue weighted by Crippen LogP contribution is -2.27. The summed E-state index contributed by atoms with van der Waals surface area (Å²) in [5, 5.41) is 10.5. The van der Waals surface area contributed by atoms with E-state index in [2.05, 4.69) is 11.1 Å². The number of hydrogen-bond donors (Lipinski definition) is 0. The van der Waals surface area contributed by atoms with Crippen molar-refractivity contribution >= 4 is 67.6 Å². The average Bonchev–Trinajstić information content (AvgIpc) is 3.17. The minimum Gasteiger partial charge on any atom is -0.273 e. The van der Waals surface area contributed by atoms with Crippen LogP contribution in [-0.2, 0) is 4.79 Å². The second-order valence-electron chi connectivity index (χ2n) is 5.38. The van der Waals surface area contributed by atoms with Crippen LogP contribution in [0.2, 0.25) is 10.0 Å². The maximum Gasteiger partial charge on any atom is 0.240 e. The smallest absolute Gasteiger partial charge is 0.240 e. The van der Waals surface area contributed by atoms with Gasteiger partial charge in [0.05, 0.1) is 27.6 Å². The molecule has 2 aromatic carbocycles. The van der Waals surface area contributed by atoms with E-state index in [1.54, 1.807) is 35.2 Å². The van der Waals surface area contributed by atoms with E-state index in [1.165, 1.54) is 23.1 Å². The second kappa shape index (κ2) is 6.50. The molecule has 0 N–H and O–H groups in total. The van der Waals surface area contributed by atoms with Crippen LogP contribution >= 0.6 is 46.3 Å². The number of fused-ring (bicyclic) bond motifs is 1. The van der Waals surface area contributed by atoms with E-state index in [-0.39, 0.29) is 11.3 Å². The summed E-state index contributed by atoms with van der Waals surface area (Å²) in [5.41, 5.74) is 2.17. The molecule has 25 heavy (non-hydrogen) atoms. The fraction of sp³-hybridized carbons (Fsp3) is 0.118. The molecule has 124 valence electrons. The van der Waals surface area contributed by atoms with Crippen LogP contribution < -0.4 is 4.90 Å². The molecule has 4 rings (SSSR count). The molecule has 1 amide bonds. The van der Waals surface area contributed by atoms with Gasteiger partial charge < -0.3 is 0 Å². The Labute approximate surface area is 162 Å². The Morgan fingerprint density at radius 3 is 2.84 bits per heavy atom. The zero-order valence-electron chi connectivity index (χ0n) is 12.6. The second-order valence-corrected chi connectivity index (χ2v) is 8.30. The van der Waals surface area contributed by atoms with Gasteiger partial charge in [-0.25, -0.2) is 4.98 Å². The summed E-state index contributed by atoms with van der Waals surface area (Å²) >= 11 is 15.2. The zero-order valence-corrected chi connectivity index (χ0v) is 15.7. The number of anilines is 1. The Balaban J connectivity index is 1.79. The van der Waals surface area contributed by atoms with Crippen molar-refractivity contribution < 1.29 is 4.79 Å². The number of halogens is 2. The number of thiazole rings is 1. The lowest BCUT2D eigenvalue weighted by Gasteiger charge is -2.22. The number of nitriles is 1. The van der Waals surface area contributed by atoms with E-state index in [0.717, 1.165) is 15.8 Å². The maximum absolute atomic E-state index is 12.5. The number of rotatable bonds is 2. The minimum absolute atomic E-state index is 0.0134. The molecule has 1 atom stereocenters. The van der Waals surface area contributed by atoms with Crippen molar-refractivity contribution in [1.29, 1.82) is 5.26 Å². The highest BCUT2D eigenvalue weighted by Crippen LogP contribution is 2.46.